The third kappa shape index (κ3) is 4.97. The normalized spacial score (nSPS) is 29.8. The molecule has 21 heavy (non-hydrogen) atoms. The lowest BCUT2D eigenvalue weighted by atomic mass is 9.79. The predicted molar refractivity (Wildman–Crippen MR) is 92.7 cm³/mol. The van der Waals surface area contributed by atoms with Gasteiger partial charge in [-0.3, -0.25) is 4.79 Å². The molecule has 1 unspecified atom stereocenters. The lowest BCUT2D eigenvalue weighted by Crippen LogP contribution is -2.40. The van der Waals surface area contributed by atoms with Crippen LogP contribution in [0.25, 0.3) is 0 Å². The van der Waals surface area contributed by atoms with Crippen LogP contribution in [0, 0.1) is 11.8 Å². The lowest BCUT2D eigenvalue weighted by molar-refractivity contribution is -0.137. The zero-order valence-corrected chi connectivity index (χ0v) is 15.2. The maximum Gasteiger partial charge on any atom is 0.225 e. The Labute approximate surface area is 139 Å². The number of halogens is 1. The summed E-state index contributed by atoms with van der Waals surface area (Å²) in [5.41, 5.74) is 0. The smallest absolute Gasteiger partial charge is 0.225 e. The fourth-order valence-corrected chi connectivity index (χ4v) is 4.49. The zero-order valence-electron chi connectivity index (χ0n) is 13.7. The molecule has 0 aromatic carbocycles. The summed E-state index contributed by atoms with van der Waals surface area (Å²) in [6.45, 7) is 3.29. The number of nitrogens with zero attached hydrogens (tertiary/aromatic N) is 1. The van der Waals surface area contributed by atoms with E-state index in [2.05, 4.69) is 27.8 Å². The third-order valence-electron chi connectivity index (χ3n) is 5.49. The Morgan fingerprint density at radius 2 is 1.86 bits per heavy atom. The highest BCUT2D eigenvalue weighted by atomic mass is 79.9. The molecule has 2 rings (SSSR count). The van der Waals surface area contributed by atoms with E-state index in [4.69, 9.17) is 0 Å². The van der Waals surface area contributed by atoms with Gasteiger partial charge in [-0.2, -0.15) is 0 Å². The van der Waals surface area contributed by atoms with Crippen molar-refractivity contribution in [3.63, 3.8) is 0 Å². The zero-order chi connectivity index (χ0) is 15.1. The van der Waals surface area contributed by atoms with Gasteiger partial charge in [-0.05, 0) is 57.3 Å². The summed E-state index contributed by atoms with van der Waals surface area (Å²) >= 11 is 3.51. The monoisotopic (exact) mass is 357 g/mol. The minimum atomic E-state index is 0.340. The van der Waals surface area contributed by atoms with Gasteiger partial charge >= 0.3 is 0 Å². The van der Waals surface area contributed by atoms with Gasteiger partial charge < -0.3 is 4.90 Å². The van der Waals surface area contributed by atoms with Gasteiger partial charge in [-0.1, -0.05) is 42.1 Å². The highest BCUT2D eigenvalue weighted by molar-refractivity contribution is 9.09. The van der Waals surface area contributed by atoms with Crippen LogP contribution in [0.3, 0.4) is 0 Å². The topological polar surface area (TPSA) is 20.3 Å². The van der Waals surface area contributed by atoms with Crippen molar-refractivity contribution in [3.8, 4) is 0 Å². The molecule has 0 aromatic rings. The van der Waals surface area contributed by atoms with Crippen molar-refractivity contribution in [1.82, 2.24) is 4.90 Å². The number of alkyl halides is 1. The first-order valence-electron chi connectivity index (χ1n) is 9.12. The van der Waals surface area contributed by atoms with Gasteiger partial charge in [0.2, 0.25) is 5.91 Å². The summed E-state index contributed by atoms with van der Waals surface area (Å²) in [6.07, 6.45) is 13.7. The Hall–Kier alpha value is -0.0500. The van der Waals surface area contributed by atoms with Gasteiger partial charge in [0.25, 0.3) is 0 Å². The van der Waals surface area contributed by atoms with E-state index in [0.29, 0.717) is 17.9 Å². The molecular formula is C18H32BrNO. The molecule has 1 heterocycles. The fraction of sp³-hybridized carbons (Fsp3) is 0.944. The van der Waals surface area contributed by atoms with Crippen molar-refractivity contribution in [2.24, 2.45) is 11.8 Å². The van der Waals surface area contributed by atoms with E-state index in [-0.39, 0.29) is 0 Å². The molecule has 0 bridgehead atoms. The van der Waals surface area contributed by atoms with Crippen LogP contribution < -0.4 is 0 Å². The Balaban J connectivity index is 1.78. The Morgan fingerprint density at radius 3 is 2.52 bits per heavy atom. The van der Waals surface area contributed by atoms with Crippen LogP contribution in [0.4, 0.5) is 0 Å². The molecule has 1 saturated heterocycles. The summed E-state index contributed by atoms with van der Waals surface area (Å²) in [5, 5.41) is 1.06. The molecule has 2 nitrogen and oxygen atoms in total. The number of carbonyl (C=O) groups excluding carboxylic acids is 1. The molecule has 2 aliphatic rings. The highest BCUT2D eigenvalue weighted by Crippen LogP contribution is 2.34. The van der Waals surface area contributed by atoms with Crippen molar-refractivity contribution in [3.05, 3.63) is 0 Å². The fourth-order valence-electron chi connectivity index (χ4n) is 4.16. The van der Waals surface area contributed by atoms with Gasteiger partial charge in [0.05, 0.1) is 0 Å². The second kappa shape index (κ2) is 9.17. The summed E-state index contributed by atoms with van der Waals surface area (Å²) < 4.78 is 0. The molecule has 122 valence electrons. The van der Waals surface area contributed by atoms with E-state index in [0.717, 1.165) is 30.6 Å². The van der Waals surface area contributed by atoms with Crippen LogP contribution in [-0.4, -0.2) is 28.7 Å². The van der Waals surface area contributed by atoms with Gasteiger partial charge in [-0.25, -0.2) is 0 Å². The largest absolute Gasteiger partial charge is 0.339 e. The predicted octanol–water partition coefficient (Wildman–Crippen LogP) is 5.15. The average Bonchev–Trinajstić information content (AvgIpc) is 2.99. The van der Waals surface area contributed by atoms with Crippen molar-refractivity contribution >= 4 is 21.8 Å². The van der Waals surface area contributed by atoms with Crippen LogP contribution in [-0.2, 0) is 4.79 Å². The molecule has 1 atom stereocenters. The first-order valence-corrected chi connectivity index (χ1v) is 10.2. The highest BCUT2D eigenvalue weighted by Gasteiger charge is 2.34. The van der Waals surface area contributed by atoms with E-state index < -0.39 is 0 Å². The quantitative estimate of drug-likeness (QED) is 0.577. The minimum Gasteiger partial charge on any atom is -0.339 e. The van der Waals surface area contributed by atoms with Crippen LogP contribution >= 0.6 is 15.9 Å². The Kier molecular flexibility index (Phi) is 7.56. The summed E-state index contributed by atoms with van der Waals surface area (Å²) in [6, 6.07) is 0.535. The molecule has 1 saturated carbocycles. The van der Waals surface area contributed by atoms with Crippen LogP contribution in [0.2, 0.25) is 0 Å². The molecule has 0 spiro atoms. The van der Waals surface area contributed by atoms with Crippen LogP contribution in [0.5, 0.6) is 0 Å². The van der Waals surface area contributed by atoms with Crippen molar-refractivity contribution in [2.75, 3.05) is 11.9 Å². The number of hydrogen-bond donors (Lipinski definition) is 0. The van der Waals surface area contributed by atoms with E-state index in [1.54, 1.807) is 0 Å². The first-order chi connectivity index (χ1) is 10.3. The number of hydrogen-bond acceptors (Lipinski definition) is 1. The third-order valence-corrected chi connectivity index (χ3v) is 6.05. The SMILES string of the molecule is CCCCC1CCC(C(=O)N2CCCC2CCCBr)CC1. The molecular weight excluding hydrogens is 326 g/mol. The molecule has 1 amide bonds. The van der Waals surface area contributed by atoms with Crippen LogP contribution in [0.1, 0.15) is 77.6 Å². The van der Waals surface area contributed by atoms with E-state index in [1.807, 2.05) is 0 Å². The molecule has 0 aromatic heterocycles. The summed E-state index contributed by atoms with van der Waals surface area (Å²) in [4.78, 5) is 15.0. The number of likely N-dealkylation sites (tertiary alicyclic amines) is 1. The Bertz CT molecular complexity index is 312. The summed E-state index contributed by atoms with van der Waals surface area (Å²) in [5.74, 6) is 1.73. The number of amides is 1. The number of carbonyl (C=O) groups is 1. The molecule has 1 aliphatic carbocycles. The van der Waals surface area contributed by atoms with Crippen molar-refractivity contribution in [1.29, 1.82) is 0 Å². The molecule has 0 radical (unpaired) electrons. The average molecular weight is 358 g/mol. The van der Waals surface area contributed by atoms with Crippen LogP contribution in [0.15, 0.2) is 0 Å². The maximum absolute atomic E-state index is 12.8. The number of rotatable bonds is 7. The Morgan fingerprint density at radius 1 is 1.10 bits per heavy atom. The van der Waals surface area contributed by atoms with E-state index in [1.165, 1.54) is 57.8 Å². The standard InChI is InChI=1S/C18H32BrNO/c1-2-3-6-15-9-11-16(12-10-15)18(21)20-14-5-8-17(20)7-4-13-19/h15-17H,2-14H2,1H3. The van der Waals surface area contributed by atoms with Gasteiger partial charge in [0.15, 0.2) is 0 Å². The van der Waals surface area contributed by atoms with E-state index >= 15 is 0 Å². The second-order valence-corrected chi connectivity index (χ2v) is 7.81. The van der Waals surface area contributed by atoms with Gasteiger partial charge in [0, 0.05) is 23.8 Å². The van der Waals surface area contributed by atoms with E-state index in [9.17, 15) is 4.79 Å². The second-order valence-electron chi connectivity index (χ2n) is 7.02. The van der Waals surface area contributed by atoms with Gasteiger partial charge in [-0.15, -0.1) is 0 Å². The molecule has 2 fully saturated rings. The molecule has 0 N–H and O–H groups in total. The minimum absolute atomic E-state index is 0.340. The maximum atomic E-state index is 12.8. The molecule has 3 heteroatoms. The lowest BCUT2D eigenvalue weighted by Gasteiger charge is -2.33. The first kappa shape index (κ1) is 17.3. The summed E-state index contributed by atoms with van der Waals surface area (Å²) in [7, 11) is 0. The number of unbranched alkanes of at least 4 members (excludes halogenated alkanes) is 1. The van der Waals surface area contributed by atoms with Crippen molar-refractivity contribution in [2.45, 2.75) is 83.6 Å². The molecule has 1 aliphatic heterocycles. The van der Waals surface area contributed by atoms with Crippen molar-refractivity contribution < 1.29 is 4.79 Å². The van der Waals surface area contributed by atoms with Gasteiger partial charge in [0.1, 0.15) is 0 Å².